The number of rotatable bonds is 6. The van der Waals surface area contributed by atoms with Crippen molar-refractivity contribution >= 4 is 41.5 Å². The third-order valence-corrected chi connectivity index (χ3v) is 4.33. The third-order valence-electron chi connectivity index (χ3n) is 4.09. The van der Waals surface area contributed by atoms with Crippen LogP contribution in [-0.2, 0) is 6.54 Å². The zero-order valence-electron chi connectivity index (χ0n) is 13.7. The zero-order chi connectivity index (χ0) is 15.9. The largest absolute Gasteiger partial charge is 0.496 e. The number of hydrogen-bond acceptors (Lipinski definition) is 3. The lowest BCUT2D eigenvalue weighted by Crippen LogP contribution is -2.42. The van der Waals surface area contributed by atoms with Gasteiger partial charge in [-0.25, -0.2) is 4.99 Å². The molecule has 5 nitrogen and oxygen atoms in total. The molecule has 0 aromatic heterocycles. The summed E-state index contributed by atoms with van der Waals surface area (Å²) in [6.45, 7) is 5.79. The Labute approximate surface area is 160 Å². The van der Waals surface area contributed by atoms with Gasteiger partial charge in [0.05, 0.1) is 13.7 Å². The molecule has 130 valence electrons. The number of aliphatic imine (C=N–C) groups is 1. The van der Waals surface area contributed by atoms with Crippen molar-refractivity contribution in [3.8, 4) is 5.75 Å². The maximum atomic E-state index is 5.96. The minimum atomic E-state index is 0. The van der Waals surface area contributed by atoms with Gasteiger partial charge < -0.3 is 15.8 Å². The Balaban J connectivity index is 0.00000264. The minimum absolute atomic E-state index is 0. The van der Waals surface area contributed by atoms with Gasteiger partial charge in [-0.15, -0.1) is 24.0 Å². The van der Waals surface area contributed by atoms with Crippen molar-refractivity contribution in [1.29, 1.82) is 0 Å². The topological polar surface area (TPSA) is 62.9 Å². The summed E-state index contributed by atoms with van der Waals surface area (Å²) in [5.41, 5.74) is 6.93. The second kappa shape index (κ2) is 10.2. The van der Waals surface area contributed by atoms with E-state index in [1.165, 1.54) is 19.4 Å². The van der Waals surface area contributed by atoms with E-state index in [9.17, 15) is 0 Å². The molecule has 2 rings (SSSR count). The van der Waals surface area contributed by atoms with Gasteiger partial charge in [0.1, 0.15) is 5.75 Å². The summed E-state index contributed by atoms with van der Waals surface area (Å²) >= 11 is 5.95. The maximum absolute atomic E-state index is 5.96. The number of nitrogens with zero attached hydrogens (tertiary/aromatic N) is 2. The van der Waals surface area contributed by atoms with E-state index >= 15 is 0 Å². The van der Waals surface area contributed by atoms with Gasteiger partial charge in [0.2, 0.25) is 0 Å². The number of likely N-dealkylation sites (N-methyl/N-ethyl adjacent to an activating group) is 1. The van der Waals surface area contributed by atoms with Gasteiger partial charge in [-0.3, -0.25) is 4.90 Å². The second-order valence-corrected chi connectivity index (χ2v) is 5.90. The number of nitrogens with one attached hydrogen (secondary N) is 1. The number of nitrogens with two attached hydrogens (primary N) is 1. The normalized spacial score (nSPS) is 18.6. The maximum Gasteiger partial charge on any atom is 0.188 e. The van der Waals surface area contributed by atoms with Gasteiger partial charge in [-0.05, 0) is 38.1 Å². The van der Waals surface area contributed by atoms with Crippen LogP contribution >= 0.6 is 35.6 Å². The number of halogens is 2. The molecule has 0 saturated carbocycles. The molecule has 1 heterocycles. The van der Waals surface area contributed by atoms with Crippen LogP contribution in [-0.4, -0.2) is 43.6 Å². The molecule has 1 fully saturated rings. The third kappa shape index (κ3) is 6.00. The summed E-state index contributed by atoms with van der Waals surface area (Å²) in [5, 5.41) is 3.88. The van der Waals surface area contributed by atoms with Crippen LogP contribution in [0.15, 0.2) is 23.2 Å². The van der Waals surface area contributed by atoms with Crippen LogP contribution in [0.2, 0.25) is 5.02 Å². The van der Waals surface area contributed by atoms with E-state index in [4.69, 9.17) is 22.1 Å². The molecule has 0 bridgehead atoms. The first kappa shape index (κ1) is 20.3. The van der Waals surface area contributed by atoms with Crippen LogP contribution < -0.4 is 15.8 Å². The molecule has 1 unspecified atom stereocenters. The van der Waals surface area contributed by atoms with Crippen molar-refractivity contribution in [2.45, 2.75) is 32.4 Å². The molecule has 0 spiro atoms. The number of guanidine groups is 1. The molecular formula is C16H26ClIN4O. The summed E-state index contributed by atoms with van der Waals surface area (Å²) in [6, 6.07) is 6.08. The van der Waals surface area contributed by atoms with E-state index in [1.807, 2.05) is 12.1 Å². The Morgan fingerprint density at radius 1 is 1.52 bits per heavy atom. The van der Waals surface area contributed by atoms with E-state index in [0.29, 0.717) is 23.6 Å². The molecule has 7 heteroatoms. The molecule has 1 atom stereocenters. The van der Waals surface area contributed by atoms with Gasteiger partial charge in [-0.2, -0.15) is 0 Å². The molecule has 0 aliphatic carbocycles. The molecule has 1 aliphatic rings. The quantitative estimate of drug-likeness (QED) is 0.396. The van der Waals surface area contributed by atoms with Crippen molar-refractivity contribution in [2.75, 3.05) is 26.7 Å². The highest BCUT2D eigenvalue weighted by molar-refractivity contribution is 14.0. The molecule has 3 N–H and O–H groups in total. The molecule has 1 aliphatic heterocycles. The summed E-state index contributed by atoms with van der Waals surface area (Å²) in [4.78, 5) is 6.86. The molecule has 23 heavy (non-hydrogen) atoms. The number of hydrogen-bond donors (Lipinski definition) is 2. The SMILES string of the molecule is CCN1CCCC1CNC(N)=NCc1ccc(Cl)cc1OC.I. The van der Waals surface area contributed by atoms with Crippen LogP contribution in [0.3, 0.4) is 0 Å². The Bertz CT molecular complexity index is 527. The molecule has 0 amide bonds. The number of ether oxygens (including phenoxy) is 1. The summed E-state index contributed by atoms with van der Waals surface area (Å²) < 4.78 is 5.31. The highest BCUT2D eigenvalue weighted by atomic mass is 127. The first-order valence-electron chi connectivity index (χ1n) is 7.74. The highest BCUT2D eigenvalue weighted by Crippen LogP contribution is 2.23. The predicted molar refractivity (Wildman–Crippen MR) is 107 cm³/mol. The fourth-order valence-electron chi connectivity index (χ4n) is 2.84. The number of methoxy groups -OCH3 is 1. The fourth-order valence-corrected chi connectivity index (χ4v) is 3.00. The van der Waals surface area contributed by atoms with Gasteiger partial charge in [0, 0.05) is 23.2 Å². The van der Waals surface area contributed by atoms with Crippen molar-refractivity contribution in [3.05, 3.63) is 28.8 Å². The first-order valence-corrected chi connectivity index (χ1v) is 8.12. The average molecular weight is 453 g/mol. The smallest absolute Gasteiger partial charge is 0.188 e. The zero-order valence-corrected chi connectivity index (χ0v) is 16.8. The second-order valence-electron chi connectivity index (χ2n) is 5.46. The standard InChI is InChI=1S/C16H25ClN4O.HI/c1-3-21-8-4-5-14(21)11-20-16(18)19-10-12-6-7-13(17)9-15(12)22-2;/h6-7,9,14H,3-5,8,10-11H2,1-2H3,(H3,18,19,20);1H. The van der Waals surface area contributed by atoms with E-state index in [1.54, 1.807) is 13.2 Å². The van der Waals surface area contributed by atoms with E-state index in [-0.39, 0.29) is 24.0 Å². The van der Waals surface area contributed by atoms with Crippen LogP contribution in [0.4, 0.5) is 0 Å². The number of benzene rings is 1. The molecule has 0 radical (unpaired) electrons. The van der Waals surface area contributed by atoms with Crippen molar-refractivity contribution in [2.24, 2.45) is 10.7 Å². The monoisotopic (exact) mass is 452 g/mol. The lowest BCUT2D eigenvalue weighted by molar-refractivity contribution is 0.267. The first-order chi connectivity index (χ1) is 10.6. The van der Waals surface area contributed by atoms with Gasteiger partial charge in [-0.1, -0.05) is 24.6 Å². The molecule has 1 saturated heterocycles. The number of likely N-dealkylation sites (tertiary alicyclic amines) is 1. The predicted octanol–water partition coefficient (Wildman–Crippen LogP) is 2.86. The lowest BCUT2D eigenvalue weighted by atomic mass is 10.2. The molecule has 1 aromatic rings. The fraction of sp³-hybridized carbons (Fsp3) is 0.562. The average Bonchev–Trinajstić information content (AvgIpc) is 2.99. The van der Waals surface area contributed by atoms with Gasteiger partial charge in [0.15, 0.2) is 5.96 Å². The van der Waals surface area contributed by atoms with Gasteiger partial charge in [0.25, 0.3) is 0 Å². The van der Waals surface area contributed by atoms with Crippen molar-refractivity contribution < 1.29 is 4.74 Å². The molecule has 1 aromatic carbocycles. The summed E-state index contributed by atoms with van der Waals surface area (Å²) in [6.07, 6.45) is 2.48. The minimum Gasteiger partial charge on any atom is -0.496 e. The lowest BCUT2D eigenvalue weighted by Gasteiger charge is -2.23. The summed E-state index contributed by atoms with van der Waals surface area (Å²) in [5.74, 6) is 1.21. The van der Waals surface area contributed by atoms with Crippen LogP contribution in [0.5, 0.6) is 5.75 Å². The Morgan fingerprint density at radius 3 is 3.00 bits per heavy atom. The van der Waals surface area contributed by atoms with Crippen LogP contribution in [0.25, 0.3) is 0 Å². The Kier molecular flexibility index (Phi) is 9.01. The Hall–Kier alpha value is -0.730. The van der Waals surface area contributed by atoms with Gasteiger partial charge >= 0.3 is 0 Å². The molecular weight excluding hydrogens is 427 g/mol. The Morgan fingerprint density at radius 2 is 2.30 bits per heavy atom. The van der Waals surface area contributed by atoms with E-state index < -0.39 is 0 Å². The highest BCUT2D eigenvalue weighted by Gasteiger charge is 2.22. The van der Waals surface area contributed by atoms with Crippen LogP contribution in [0, 0.1) is 0 Å². The van der Waals surface area contributed by atoms with Crippen molar-refractivity contribution in [3.63, 3.8) is 0 Å². The van der Waals surface area contributed by atoms with Crippen molar-refractivity contribution in [1.82, 2.24) is 10.2 Å². The van der Waals surface area contributed by atoms with Crippen LogP contribution in [0.1, 0.15) is 25.3 Å². The van der Waals surface area contributed by atoms with E-state index in [2.05, 4.69) is 22.1 Å². The van der Waals surface area contributed by atoms with E-state index in [0.717, 1.165) is 24.4 Å². The summed E-state index contributed by atoms with van der Waals surface area (Å²) in [7, 11) is 1.62.